The average molecular weight is 395 g/mol. The van der Waals surface area contributed by atoms with E-state index in [-0.39, 0.29) is 21.5 Å². The highest BCUT2D eigenvalue weighted by molar-refractivity contribution is 7.92. The molecule has 0 saturated carbocycles. The van der Waals surface area contributed by atoms with Gasteiger partial charge in [-0.3, -0.25) is 9.52 Å². The lowest BCUT2D eigenvalue weighted by Crippen LogP contribution is -2.39. The van der Waals surface area contributed by atoms with Gasteiger partial charge >= 0.3 is 0 Å². The fourth-order valence-electron chi connectivity index (χ4n) is 3.55. The summed E-state index contributed by atoms with van der Waals surface area (Å²) in [5.41, 5.74) is 2.81. The number of carbonyl (C=O) groups is 1. The highest BCUT2D eigenvalue weighted by atomic mass is 35.5. The molecule has 0 aromatic heterocycles. The van der Waals surface area contributed by atoms with Crippen molar-refractivity contribution in [3.63, 3.8) is 0 Å². The first-order valence-corrected chi connectivity index (χ1v) is 10.2. The van der Waals surface area contributed by atoms with Gasteiger partial charge in [0.2, 0.25) is 5.91 Å². The van der Waals surface area contributed by atoms with Crippen LogP contribution in [0.4, 0.5) is 15.8 Å². The van der Waals surface area contributed by atoms with Gasteiger partial charge in [-0.1, -0.05) is 11.6 Å². The Kier molecular flexibility index (Phi) is 4.16. The van der Waals surface area contributed by atoms with Crippen LogP contribution in [0.5, 0.6) is 0 Å². The molecular weight excluding hydrogens is 379 g/mol. The maximum atomic E-state index is 13.3. The molecule has 8 heteroatoms. The average Bonchev–Trinajstić information content (AvgIpc) is 2.61. The Morgan fingerprint density at radius 3 is 2.54 bits per heavy atom. The summed E-state index contributed by atoms with van der Waals surface area (Å²) in [5, 5.41) is -0.153. The van der Waals surface area contributed by atoms with Crippen molar-refractivity contribution in [3.05, 3.63) is 52.3 Å². The molecule has 2 aromatic carbocycles. The number of carbonyl (C=O) groups excluding carboxylic acids is 1. The van der Waals surface area contributed by atoms with Crippen molar-refractivity contribution < 1.29 is 17.6 Å². The third-order valence-corrected chi connectivity index (χ3v) is 6.38. The van der Waals surface area contributed by atoms with Gasteiger partial charge in [0, 0.05) is 13.0 Å². The first kappa shape index (κ1) is 17.3. The number of anilines is 2. The molecule has 0 aliphatic carbocycles. The minimum atomic E-state index is -3.85. The van der Waals surface area contributed by atoms with Crippen molar-refractivity contribution in [3.8, 4) is 0 Å². The van der Waals surface area contributed by atoms with Gasteiger partial charge in [0.15, 0.2) is 0 Å². The zero-order chi connectivity index (χ0) is 18.5. The summed E-state index contributed by atoms with van der Waals surface area (Å²) in [6, 6.07) is 6.91. The number of hydrogen-bond acceptors (Lipinski definition) is 3. The van der Waals surface area contributed by atoms with Crippen molar-refractivity contribution in [1.29, 1.82) is 0 Å². The normalized spacial score (nSPS) is 16.4. The Balaban J connectivity index is 1.73. The van der Waals surface area contributed by atoms with Crippen LogP contribution in [0.3, 0.4) is 0 Å². The zero-order valence-electron chi connectivity index (χ0n) is 13.8. The Bertz CT molecular complexity index is 1010. The van der Waals surface area contributed by atoms with Gasteiger partial charge in [-0.15, -0.1) is 0 Å². The molecule has 0 saturated heterocycles. The van der Waals surface area contributed by atoms with Crippen LogP contribution in [0.1, 0.15) is 24.0 Å². The van der Waals surface area contributed by atoms with Gasteiger partial charge in [-0.2, -0.15) is 0 Å². The monoisotopic (exact) mass is 394 g/mol. The van der Waals surface area contributed by atoms with Gasteiger partial charge in [-0.05, 0) is 60.7 Å². The number of rotatable bonds is 3. The lowest BCUT2D eigenvalue weighted by atomic mass is 9.92. The molecule has 1 N–H and O–H groups in total. The van der Waals surface area contributed by atoms with Crippen molar-refractivity contribution in [1.82, 2.24) is 0 Å². The first-order valence-electron chi connectivity index (χ1n) is 8.29. The summed E-state index contributed by atoms with van der Waals surface area (Å²) < 4.78 is 41.3. The van der Waals surface area contributed by atoms with E-state index < -0.39 is 15.8 Å². The SMILES string of the molecule is O=C1CCc2cc(S(=O)(=O)Nc3ccc(F)c(Cl)c3)cc3c2N1CCC3. The van der Waals surface area contributed by atoms with Crippen LogP contribution in [0, 0.1) is 5.82 Å². The van der Waals surface area contributed by atoms with E-state index in [4.69, 9.17) is 11.6 Å². The molecule has 0 atom stereocenters. The molecule has 0 radical (unpaired) electrons. The van der Waals surface area contributed by atoms with Crippen LogP contribution in [0.15, 0.2) is 35.2 Å². The molecule has 136 valence electrons. The lowest BCUT2D eigenvalue weighted by molar-refractivity contribution is -0.119. The van der Waals surface area contributed by atoms with Crippen LogP contribution in [0.25, 0.3) is 0 Å². The third-order valence-electron chi connectivity index (χ3n) is 4.73. The van der Waals surface area contributed by atoms with Crippen molar-refractivity contribution in [2.75, 3.05) is 16.2 Å². The molecule has 2 aromatic rings. The highest BCUT2D eigenvalue weighted by Crippen LogP contribution is 2.38. The summed E-state index contributed by atoms with van der Waals surface area (Å²) in [6.45, 7) is 0.678. The smallest absolute Gasteiger partial charge is 0.261 e. The number of nitrogens with one attached hydrogen (secondary N) is 1. The topological polar surface area (TPSA) is 66.5 Å². The third kappa shape index (κ3) is 2.95. The minimum absolute atomic E-state index is 0.0909. The molecular formula is C18H16ClFN2O3S. The van der Waals surface area contributed by atoms with Crippen LogP contribution in [0.2, 0.25) is 5.02 Å². The second kappa shape index (κ2) is 6.25. The van der Waals surface area contributed by atoms with Crippen molar-refractivity contribution in [2.45, 2.75) is 30.6 Å². The van der Waals surface area contributed by atoms with Crippen molar-refractivity contribution in [2.24, 2.45) is 0 Å². The molecule has 1 amide bonds. The van der Waals surface area contributed by atoms with E-state index in [0.29, 0.717) is 19.4 Å². The molecule has 2 heterocycles. The summed E-state index contributed by atoms with van der Waals surface area (Å²) in [6.07, 6.45) is 2.46. The molecule has 26 heavy (non-hydrogen) atoms. The lowest BCUT2D eigenvalue weighted by Gasteiger charge is -2.35. The van der Waals surface area contributed by atoms with Gasteiger partial charge in [-0.25, -0.2) is 12.8 Å². The fourth-order valence-corrected chi connectivity index (χ4v) is 4.88. The predicted molar refractivity (Wildman–Crippen MR) is 97.7 cm³/mol. The fraction of sp³-hybridized carbons (Fsp3) is 0.278. The number of nitrogens with zero attached hydrogens (tertiary/aromatic N) is 1. The second-order valence-corrected chi connectivity index (χ2v) is 8.56. The largest absolute Gasteiger partial charge is 0.312 e. The summed E-state index contributed by atoms with van der Waals surface area (Å²) in [7, 11) is -3.85. The van der Waals surface area contributed by atoms with E-state index >= 15 is 0 Å². The van der Waals surface area contributed by atoms with E-state index in [1.165, 1.54) is 12.1 Å². The molecule has 2 aliphatic rings. The van der Waals surface area contributed by atoms with E-state index in [1.54, 1.807) is 17.0 Å². The predicted octanol–water partition coefficient (Wildman–Crippen LogP) is 3.51. The number of sulfonamides is 1. The first-order chi connectivity index (χ1) is 12.3. The standard InChI is InChI=1S/C18H16ClFN2O3S/c19-15-10-13(4-5-16(15)20)21-26(24,25)14-8-11-2-1-7-22-17(23)6-3-12(9-14)18(11)22/h4-5,8-10,21H,1-3,6-7H2. The Morgan fingerprint density at radius 2 is 1.81 bits per heavy atom. The maximum absolute atomic E-state index is 13.3. The maximum Gasteiger partial charge on any atom is 0.261 e. The van der Waals surface area contributed by atoms with E-state index in [1.807, 2.05) is 0 Å². The second-order valence-electron chi connectivity index (χ2n) is 6.47. The number of amides is 1. The molecule has 0 bridgehead atoms. The van der Waals surface area contributed by atoms with Crippen LogP contribution >= 0.6 is 11.6 Å². The van der Waals surface area contributed by atoms with Gasteiger partial charge in [0.25, 0.3) is 10.0 Å². The molecule has 0 fully saturated rings. The number of aryl methyl sites for hydroxylation is 2. The van der Waals surface area contributed by atoms with Gasteiger partial charge in [0.1, 0.15) is 5.82 Å². The summed E-state index contributed by atoms with van der Waals surface area (Å²) >= 11 is 5.72. The van der Waals surface area contributed by atoms with Crippen LogP contribution in [-0.2, 0) is 27.7 Å². The van der Waals surface area contributed by atoms with Crippen molar-refractivity contribution >= 4 is 38.9 Å². The number of benzene rings is 2. The zero-order valence-corrected chi connectivity index (χ0v) is 15.3. The summed E-state index contributed by atoms with van der Waals surface area (Å²) in [4.78, 5) is 14.0. The van der Waals surface area contributed by atoms with E-state index in [9.17, 15) is 17.6 Å². The van der Waals surface area contributed by atoms with Gasteiger partial charge in [0.05, 0.1) is 21.3 Å². The van der Waals surface area contributed by atoms with Crippen LogP contribution in [-0.4, -0.2) is 20.9 Å². The quantitative estimate of drug-likeness (QED) is 0.866. The minimum Gasteiger partial charge on any atom is -0.312 e. The molecule has 0 unspecified atom stereocenters. The molecule has 2 aliphatic heterocycles. The Hall–Kier alpha value is -2.12. The highest BCUT2D eigenvalue weighted by Gasteiger charge is 2.31. The summed E-state index contributed by atoms with van der Waals surface area (Å²) in [5.74, 6) is -0.522. The van der Waals surface area contributed by atoms with Crippen LogP contribution < -0.4 is 9.62 Å². The molecule has 0 spiro atoms. The van der Waals surface area contributed by atoms with E-state index in [2.05, 4.69) is 4.72 Å². The number of hydrogen-bond donors (Lipinski definition) is 1. The molecule has 5 nitrogen and oxygen atoms in total. The van der Waals surface area contributed by atoms with Gasteiger partial charge < -0.3 is 4.90 Å². The molecule has 4 rings (SSSR count). The Morgan fingerprint density at radius 1 is 1.08 bits per heavy atom. The number of halogens is 2. The Labute approximate surface area is 155 Å². The van der Waals surface area contributed by atoms with E-state index in [0.717, 1.165) is 35.7 Å².